The van der Waals surface area contributed by atoms with E-state index < -0.39 is 0 Å². The number of hydrogen-bond donors (Lipinski definition) is 1. The minimum absolute atomic E-state index is 0.155. The molecule has 1 heterocycles. The van der Waals surface area contributed by atoms with Crippen molar-refractivity contribution in [2.24, 2.45) is 5.73 Å². The maximum Gasteiger partial charge on any atom is 0.315 e. The molecule has 0 spiro atoms. The number of ether oxygens (including phenoxy) is 1. The van der Waals surface area contributed by atoms with Gasteiger partial charge in [-0.15, -0.1) is 23.1 Å². The van der Waals surface area contributed by atoms with Crippen LogP contribution in [0.15, 0.2) is 11.4 Å². The summed E-state index contributed by atoms with van der Waals surface area (Å²) in [7, 11) is 0. The molecule has 0 atom stereocenters. The van der Waals surface area contributed by atoms with E-state index in [1.807, 2.05) is 18.4 Å². The number of esters is 1. The Balaban J connectivity index is 2.32. The predicted molar refractivity (Wildman–Crippen MR) is 73.0 cm³/mol. The van der Waals surface area contributed by atoms with Gasteiger partial charge in [-0.25, -0.2) is 0 Å². The lowest BCUT2D eigenvalue weighted by Gasteiger charge is -2.00. The van der Waals surface area contributed by atoms with Crippen LogP contribution in [-0.4, -0.2) is 24.9 Å². The molecule has 0 fully saturated rings. The molecule has 0 aromatic carbocycles. The number of thiophene rings is 1. The topological polar surface area (TPSA) is 52.3 Å². The molecule has 0 bridgehead atoms. The van der Waals surface area contributed by atoms with Crippen molar-refractivity contribution >= 4 is 29.1 Å². The minimum Gasteiger partial charge on any atom is -0.465 e. The smallest absolute Gasteiger partial charge is 0.315 e. The Morgan fingerprint density at radius 2 is 2.47 bits per heavy atom. The summed E-state index contributed by atoms with van der Waals surface area (Å²) in [5.74, 6) is 6.85. The predicted octanol–water partition coefficient (Wildman–Crippen LogP) is 1.85. The van der Waals surface area contributed by atoms with Gasteiger partial charge in [-0.2, -0.15) is 0 Å². The van der Waals surface area contributed by atoms with Crippen LogP contribution < -0.4 is 5.73 Å². The van der Waals surface area contributed by atoms with Crippen molar-refractivity contribution in [3.05, 3.63) is 21.9 Å². The number of nitrogens with two attached hydrogens (primary N) is 1. The number of carbonyl (C=O) groups is 1. The van der Waals surface area contributed by atoms with Crippen LogP contribution in [0.2, 0.25) is 0 Å². The lowest BCUT2D eigenvalue weighted by molar-refractivity contribution is -0.139. The molecule has 0 aliphatic rings. The summed E-state index contributed by atoms with van der Waals surface area (Å²) in [6.07, 6.45) is 0. The van der Waals surface area contributed by atoms with E-state index in [9.17, 15) is 4.79 Å². The van der Waals surface area contributed by atoms with Crippen molar-refractivity contribution in [3.8, 4) is 11.8 Å². The maximum atomic E-state index is 11.1. The number of carbonyl (C=O) groups excluding carboxylic acids is 1. The number of thioether (sulfide) groups is 1. The van der Waals surface area contributed by atoms with Crippen LogP contribution in [0, 0.1) is 11.8 Å². The van der Waals surface area contributed by atoms with Gasteiger partial charge in [0.25, 0.3) is 0 Å². The van der Waals surface area contributed by atoms with E-state index in [4.69, 9.17) is 10.5 Å². The molecule has 92 valence electrons. The summed E-state index contributed by atoms with van der Waals surface area (Å²) in [5.41, 5.74) is 6.29. The zero-order valence-electron chi connectivity index (χ0n) is 9.69. The largest absolute Gasteiger partial charge is 0.465 e. The lowest BCUT2D eigenvalue weighted by Crippen LogP contribution is -2.06. The highest BCUT2D eigenvalue weighted by Crippen LogP contribution is 2.20. The molecule has 0 saturated heterocycles. The van der Waals surface area contributed by atoms with Crippen molar-refractivity contribution in [1.29, 1.82) is 0 Å². The zero-order chi connectivity index (χ0) is 12.5. The quantitative estimate of drug-likeness (QED) is 0.655. The third-order valence-electron chi connectivity index (χ3n) is 1.76. The molecular weight excluding hydrogens is 254 g/mol. The summed E-state index contributed by atoms with van der Waals surface area (Å²) in [6, 6.07) is 2.03. The van der Waals surface area contributed by atoms with Crippen LogP contribution in [0.5, 0.6) is 0 Å². The number of rotatable bonds is 5. The van der Waals surface area contributed by atoms with Crippen molar-refractivity contribution in [1.82, 2.24) is 0 Å². The zero-order valence-corrected chi connectivity index (χ0v) is 11.3. The van der Waals surface area contributed by atoms with E-state index in [0.29, 0.717) is 18.9 Å². The van der Waals surface area contributed by atoms with Crippen molar-refractivity contribution in [2.75, 3.05) is 18.9 Å². The van der Waals surface area contributed by atoms with Crippen molar-refractivity contribution < 1.29 is 9.53 Å². The molecule has 1 aromatic rings. The van der Waals surface area contributed by atoms with Gasteiger partial charge in [0, 0.05) is 21.6 Å². The second-order valence-electron chi connectivity index (χ2n) is 3.11. The highest BCUT2D eigenvalue weighted by molar-refractivity contribution is 7.99. The van der Waals surface area contributed by atoms with E-state index >= 15 is 0 Å². The van der Waals surface area contributed by atoms with Gasteiger partial charge in [-0.3, -0.25) is 4.79 Å². The van der Waals surface area contributed by atoms with E-state index in [1.54, 1.807) is 23.1 Å². The minimum atomic E-state index is -0.155. The van der Waals surface area contributed by atoms with Crippen molar-refractivity contribution in [2.45, 2.75) is 12.7 Å². The third-order valence-corrected chi connectivity index (χ3v) is 3.83. The summed E-state index contributed by atoms with van der Waals surface area (Å²) in [4.78, 5) is 12.3. The third kappa shape index (κ3) is 5.78. The molecule has 3 nitrogen and oxygen atoms in total. The van der Waals surface area contributed by atoms with Gasteiger partial charge in [0.05, 0.1) is 18.9 Å². The molecule has 0 aliphatic heterocycles. The molecule has 5 heteroatoms. The molecule has 0 unspecified atom stereocenters. The molecule has 2 N–H and O–H groups in total. The van der Waals surface area contributed by atoms with Crippen LogP contribution in [0.4, 0.5) is 0 Å². The second kappa shape index (κ2) is 8.18. The Labute approximate surface area is 110 Å². The average Bonchev–Trinajstić information content (AvgIpc) is 2.75. The van der Waals surface area contributed by atoms with Crippen LogP contribution in [0.3, 0.4) is 0 Å². The number of hydrogen-bond acceptors (Lipinski definition) is 5. The highest BCUT2D eigenvalue weighted by Gasteiger charge is 2.03. The van der Waals surface area contributed by atoms with Gasteiger partial charge < -0.3 is 10.5 Å². The average molecular weight is 269 g/mol. The first kappa shape index (κ1) is 14.1. The lowest BCUT2D eigenvalue weighted by atomic mass is 10.3. The molecule has 0 radical (unpaired) electrons. The van der Waals surface area contributed by atoms with Crippen LogP contribution in [0.1, 0.15) is 17.4 Å². The van der Waals surface area contributed by atoms with E-state index in [0.717, 1.165) is 11.3 Å². The molecule has 17 heavy (non-hydrogen) atoms. The monoisotopic (exact) mass is 269 g/mol. The maximum absolute atomic E-state index is 11.1. The van der Waals surface area contributed by atoms with Gasteiger partial charge in [-0.1, -0.05) is 11.8 Å². The van der Waals surface area contributed by atoms with E-state index in [1.165, 1.54) is 4.88 Å². The molecule has 0 aliphatic carbocycles. The Morgan fingerprint density at radius 1 is 1.65 bits per heavy atom. The summed E-state index contributed by atoms with van der Waals surface area (Å²) in [6.45, 7) is 2.63. The first-order valence-corrected chi connectivity index (χ1v) is 7.29. The van der Waals surface area contributed by atoms with E-state index in [2.05, 4.69) is 11.8 Å². The molecular formula is C12H15NO2S2. The van der Waals surface area contributed by atoms with Gasteiger partial charge in [0.1, 0.15) is 0 Å². The molecule has 0 amide bonds. The second-order valence-corrected chi connectivity index (χ2v) is 5.09. The standard InChI is InChI=1S/C12H15NO2S2/c1-2-15-12(14)9-16-8-11-6-10(7-17-11)4-3-5-13/h6-7H,2,5,8-9,13H2,1H3. The Bertz CT molecular complexity index is 418. The van der Waals surface area contributed by atoms with Crippen LogP contribution in [0.25, 0.3) is 0 Å². The fraction of sp³-hybridized carbons (Fsp3) is 0.417. The van der Waals surface area contributed by atoms with Crippen LogP contribution in [-0.2, 0) is 15.3 Å². The normalized spacial score (nSPS) is 9.53. The van der Waals surface area contributed by atoms with Gasteiger partial charge in [-0.05, 0) is 13.0 Å². The SMILES string of the molecule is CCOC(=O)CSCc1cc(C#CCN)cs1. The molecule has 1 aromatic heterocycles. The summed E-state index contributed by atoms with van der Waals surface area (Å²) >= 11 is 3.20. The van der Waals surface area contributed by atoms with Crippen molar-refractivity contribution in [3.63, 3.8) is 0 Å². The fourth-order valence-corrected chi connectivity index (χ4v) is 2.87. The first-order chi connectivity index (χ1) is 8.26. The molecule has 0 saturated carbocycles. The summed E-state index contributed by atoms with van der Waals surface area (Å²) < 4.78 is 4.85. The highest BCUT2D eigenvalue weighted by atomic mass is 32.2. The van der Waals surface area contributed by atoms with E-state index in [-0.39, 0.29) is 5.97 Å². The summed E-state index contributed by atoms with van der Waals surface area (Å²) in [5, 5.41) is 2.00. The first-order valence-electron chi connectivity index (χ1n) is 5.26. The van der Waals surface area contributed by atoms with Gasteiger partial charge in [0.2, 0.25) is 0 Å². The molecule has 1 rings (SSSR count). The Kier molecular flexibility index (Phi) is 6.78. The van der Waals surface area contributed by atoms with Gasteiger partial charge >= 0.3 is 5.97 Å². The Hall–Kier alpha value is -0.960. The fourth-order valence-electron chi connectivity index (χ4n) is 1.11. The van der Waals surface area contributed by atoms with Gasteiger partial charge in [0.15, 0.2) is 0 Å². The Morgan fingerprint density at radius 3 is 3.18 bits per heavy atom. The van der Waals surface area contributed by atoms with Crippen LogP contribution >= 0.6 is 23.1 Å².